The van der Waals surface area contributed by atoms with Crippen molar-refractivity contribution >= 4 is 11.2 Å². The van der Waals surface area contributed by atoms with Crippen molar-refractivity contribution in [3.63, 3.8) is 0 Å². The molecule has 0 radical (unpaired) electrons. The van der Waals surface area contributed by atoms with Gasteiger partial charge in [0, 0.05) is 19.1 Å². The van der Waals surface area contributed by atoms with Crippen molar-refractivity contribution in [1.82, 2.24) is 18.7 Å². The molecule has 0 amide bonds. The monoisotopic (exact) mass is 354 g/mol. The molecule has 2 aromatic heterocycles. The zero-order chi connectivity index (χ0) is 18.7. The second-order valence-corrected chi connectivity index (χ2v) is 6.75. The molecule has 3 rings (SSSR count). The van der Waals surface area contributed by atoms with Gasteiger partial charge in [-0.05, 0) is 31.7 Å². The van der Waals surface area contributed by atoms with Crippen LogP contribution in [0, 0.1) is 0 Å². The quantitative estimate of drug-likeness (QED) is 0.655. The maximum Gasteiger partial charge on any atom is 0.332 e. The summed E-state index contributed by atoms with van der Waals surface area (Å²) >= 11 is 0. The minimum atomic E-state index is -0.287. The average Bonchev–Trinajstić information content (AvgIpc) is 3.08. The Kier molecular flexibility index (Phi) is 5.40. The van der Waals surface area contributed by atoms with Crippen LogP contribution in [0.4, 0.5) is 0 Å². The van der Waals surface area contributed by atoms with E-state index in [1.807, 2.05) is 36.6 Å². The van der Waals surface area contributed by atoms with Gasteiger partial charge in [-0.15, -0.1) is 0 Å². The third-order valence-corrected chi connectivity index (χ3v) is 4.68. The Balaban J connectivity index is 2.15. The van der Waals surface area contributed by atoms with Crippen LogP contribution >= 0.6 is 0 Å². The summed E-state index contributed by atoms with van der Waals surface area (Å²) < 4.78 is 5.00. The number of rotatable bonds is 7. The molecule has 0 unspecified atom stereocenters. The van der Waals surface area contributed by atoms with Crippen LogP contribution in [0.1, 0.15) is 45.2 Å². The minimum absolute atomic E-state index is 0.0892. The third-order valence-electron chi connectivity index (χ3n) is 4.68. The van der Waals surface area contributed by atoms with Crippen LogP contribution in [0.25, 0.3) is 11.2 Å². The van der Waals surface area contributed by atoms with Gasteiger partial charge in [-0.3, -0.25) is 13.9 Å². The van der Waals surface area contributed by atoms with E-state index < -0.39 is 0 Å². The van der Waals surface area contributed by atoms with E-state index in [0.717, 1.165) is 19.3 Å². The van der Waals surface area contributed by atoms with E-state index in [1.54, 1.807) is 10.9 Å². The smallest absolute Gasteiger partial charge is 0.313 e. The number of hydrogen-bond acceptors (Lipinski definition) is 3. The van der Waals surface area contributed by atoms with Crippen molar-refractivity contribution in [1.29, 1.82) is 0 Å². The molecule has 2 heterocycles. The maximum absolute atomic E-state index is 12.9. The largest absolute Gasteiger partial charge is 0.332 e. The molecule has 0 aliphatic heterocycles. The number of fused-ring (bicyclic) bond motifs is 1. The second-order valence-electron chi connectivity index (χ2n) is 6.75. The van der Waals surface area contributed by atoms with Gasteiger partial charge in [-0.1, -0.05) is 44.2 Å². The summed E-state index contributed by atoms with van der Waals surface area (Å²) in [6, 6.07) is 10.3. The summed E-state index contributed by atoms with van der Waals surface area (Å²) in [6.07, 6.45) is 4.06. The van der Waals surface area contributed by atoms with Crippen LogP contribution in [0.15, 0.2) is 46.2 Å². The molecule has 0 aliphatic carbocycles. The second kappa shape index (κ2) is 7.72. The highest BCUT2D eigenvalue weighted by atomic mass is 16.2. The molecule has 0 spiro atoms. The predicted octanol–water partition coefficient (Wildman–Crippen LogP) is 2.98. The van der Waals surface area contributed by atoms with E-state index in [0.29, 0.717) is 24.3 Å². The van der Waals surface area contributed by atoms with Crippen LogP contribution in [-0.2, 0) is 19.5 Å². The van der Waals surface area contributed by atoms with E-state index in [1.165, 1.54) is 10.1 Å². The van der Waals surface area contributed by atoms with E-state index in [-0.39, 0.29) is 17.3 Å². The van der Waals surface area contributed by atoms with Gasteiger partial charge in [-0.25, -0.2) is 9.78 Å². The molecule has 0 aliphatic rings. The summed E-state index contributed by atoms with van der Waals surface area (Å²) in [6.45, 7) is 7.07. The first kappa shape index (κ1) is 18.2. The number of nitrogens with zero attached hydrogens (tertiary/aromatic N) is 4. The van der Waals surface area contributed by atoms with Gasteiger partial charge >= 0.3 is 5.69 Å². The molecule has 0 bridgehead atoms. The normalized spacial score (nSPS) is 12.6. The Morgan fingerprint density at radius 3 is 2.31 bits per heavy atom. The Bertz CT molecular complexity index is 998. The van der Waals surface area contributed by atoms with E-state index in [4.69, 9.17) is 0 Å². The summed E-state index contributed by atoms with van der Waals surface area (Å²) in [5.74, 6) is 0. The molecular weight excluding hydrogens is 328 g/mol. The van der Waals surface area contributed by atoms with E-state index in [2.05, 4.69) is 24.0 Å². The molecule has 6 heteroatoms. The summed E-state index contributed by atoms with van der Waals surface area (Å²) in [5, 5.41) is 0. The van der Waals surface area contributed by atoms with Gasteiger partial charge < -0.3 is 4.57 Å². The highest BCUT2D eigenvalue weighted by Gasteiger charge is 2.19. The molecule has 1 atom stereocenters. The summed E-state index contributed by atoms with van der Waals surface area (Å²) in [5.41, 5.74) is 1.71. The fourth-order valence-electron chi connectivity index (χ4n) is 3.45. The molecular formula is C20H26N4O2. The van der Waals surface area contributed by atoms with Crippen LogP contribution in [0.2, 0.25) is 0 Å². The van der Waals surface area contributed by atoms with Gasteiger partial charge in [0.25, 0.3) is 5.56 Å². The first-order valence-corrected chi connectivity index (χ1v) is 9.32. The maximum atomic E-state index is 12.9. The lowest BCUT2D eigenvalue weighted by Crippen LogP contribution is -2.40. The molecule has 138 valence electrons. The van der Waals surface area contributed by atoms with Crippen LogP contribution in [-0.4, -0.2) is 18.7 Å². The summed E-state index contributed by atoms with van der Waals surface area (Å²) in [4.78, 5) is 30.0. The standard InChI is InChI=1S/C20H26N4O2/c1-4-11-22-18-17(19(25)23(12-5-2)20(22)26)21-14-24(18)15(3)13-16-9-7-6-8-10-16/h6-10,14-15H,4-5,11-13H2,1-3H3/t15-/m1/s1. The SMILES string of the molecule is CCCn1c(=O)c2ncn([C@H](C)Cc3ccccc3)c2n(CCC)c1=O. The predicted molar refractivity (Wildman–Crippen MR) is 104 cm³/mol. The number of hydrogen-bond donors (Lipinski definition) is 0. The lowest BCUT2D eigenvalue weighted by atomic mass is 10.1. The molecule has 1 aromatic carbocycles. The molecule has 6 nitrogen and oxygen atoms in total. The first-order chi connectivity index (χ1) is 12.6. The van der Waals surface area contributed by atoms with Crippen molar-refractivity contribution < 1.29 is 0 Å². The number of aryl methyl sites for hydroxylation is 1. The third kappa shape index (κ3) is 3.23. The van der Waals surface area contributed by atoms with Crippen molar-refractivity contribution in [2.45, 2.75) is 59.2 Å². The van der Waals surface area contributed by atoms with Crippen molar-refractivity contribution in [3.05, 3.63) is 63.1 Å². The number of benzene rings is 1. The molecule has 0 saturated heterocycles. The highest BCUT2D eigenvalue weighted by molar-refractivity contribution is 5.70. The van der Waals surface area contributed by atoms with Crippen molar-refractivity contribution in [2.75, 3.05) is 0 Å². The minimum Gasteiger partial charge on any atom is -0.313 e. The van der Waals surface area contributed by atoms with Gasteiger partial charge in [0.15, 0.2) is 5.52 Å². The van der Waals surface area contributed by atoms with Crippen molar-refractivity contribution in [2.24, 2.45) is 0 Å². The summed E-state index contributed by atoms with van der Waals surface area (Å²) in [7, 11) is 0. The Morgan fingerprint density at radius 1 is 1.00 bits per heavy atom. The molecule has 0 saturated carbocycles. The number of aromatic nitrogens is 4. The van der Waals surface area contributed by atoms with E-state index in [9.17, 15) is 9.59 Å². The molecule has 0 fully saturated rings. The zero-order valence-electron chi connectivity index (χ0n) is 15.7. The molecule has 0 N–H and O–H groups in total. The Labute approximate surface area is 152 Å². The van der Waals surface area contributed by atoms with Crippen molar-refractivity contribution in [3.8, 4) is 0 Å². The number of imidazole rings is 1. The van der Waals surface area contributed by atoms with Crippen LogP contribution in [0.3, 0.4) is 0 Å². The average molecular weight is 354 g/mol. The van der Waals surface area contributed by atoms with Crippen LogP contribution in [0.5, 0.6) is 0 Å². The van der Waals surface area contributed by atoms with Gasteiger partial charge in [-0.2, -0.15) is 0 Å². The lowest BCUT2D eigenvalue weighted by molar-refractivity contribution is 0.517. The fraction of sp³-hybridized carbons (Fsp3) is 0.450. The molecule has 3 aromatic rings. The molecule has 26 heavy (non-hydrogen) atoms. The van der Waals surface area contributed by atoms with Gasteiger partial charge in [0.1, 0.15) is 5.65 Å². The first-order valence-electron chi connectivity index (χ1n) is 9.32. The lowest BCUT2D eigenvalue weighted by Gasteiger charge is -2.18. The van der Waals surface area contributed by atoms with Crippen LogP contribution < -0.4 is 11.2 Å². The van der Waals surface area contributed by atoms with Gasteiger partial charge in [0.05, 0.1) is 6.33 Å². The van der Waals surface area contributed by atoms with Gasteiger partial charge in [0.2, 0.25) is 0 Å². The highest BCUT2D eigenvalue weighted by Crippen LogP contribution is 2.19. The topological polar surface area (TPSA) is 61.8 Å². The van der Waals surface area contributed by atoms with E-state index >= 15 is 0 Å². The Hall–Kier alpha value is -2.63. The zero-order valence-corrected chi connectivity index (χ0v) is 15.7. The Morgan fingerprint density at radius 2 is 1.65 bits per heavy atom. The fourth-order valence-corrected chi connectivity index (χ4v) is 3.45.